The van der Waals surface area contributed by atoms with Gasteiger partial charge in [0.15, 0.2) is 11.6 Å². The van der Waals surface area contributed by atoms with Crippen LogP contribution in [0, 0.1) is 0 Å². The van der Waals surface area contributed by atoms with Gasteiger partial charge in [0, 0.05) is 7.05 Å². The molecule has 0 radical (unpaired) electrons. The Morgan fingerprint density at radius 3 is 3.27 bits per heavy atom. The number of carbonyl (C=O) groups is 1. The minimum absolute atomic E-state index is 0.188. The first-order valence-electron chi connectivity index (χ1n) is 3.39. The van der Waals surface area contributed by atoms with Gasteiger partial charge in [0.1, 0.15) is 6.33 Å². The lowest BCUT2D eigenvalue weighted by molar-refractivity contribution is -0.118. The van der Waals surface area contributed by atoms with Gasteiger partial charge in [-0.25, -0.2) is 4.98 Å². The van der Waals surface area contributed by atoms with Crippen LogP contribution in [0.15, 0.2) is 6.33 Å². The van der Waals surface area contributed by atoms with Gasteiger partial charge < -0.3 is 0 Å². The Labute approximate surface area is 63.6 Å². The van der Waals surface area contributed by atoms with Crippen molar-refractivity contribution < 1.29 is 4.79 Å². The van der Waals surface area contributed by atoms with Gasteiger partial charge in [-0.2, -0.15) is 4.79 Å². The Kier molecular flexibility index (Phi) is 1.18. The lowest BCUT2D eigenvalue weighted by atomic mass is 10.2. The second-order valence-electron chi connectivity index (χ2n) is 2.60. The fourth-order valence-electron chi connectivity index (χ4n) is 1.22. The number of hydrogen-bond donors (Lipinski definition) is 0. The SMILES string of the molecule is CN1CC(=O)Cc2ncnn21. The summed E-state index contributed by atoms with van der Waals surface area (Å²) in [4.78, 5) is 16.6. The number of carbonyl (C=O) groups excluding carboxylic acids is 1. The Morgan fingerprint density at radius 1 is 1.64 bits per heavy atom. The molecule has 0 bridgehead atoms. The molecule has 0 saturated heterocycles. The second kappa shape index (κ2) is 2.05. The van der Waals surface area contributed by atoms with E-state index in [-0.39, 0.29) is 5.78 Å². The molecule has 0 amide bonds. The summed E-state index contributed by atoms with van der Waals surface area (Å²) < 4.78 is 0. The van der Waals surface area contributed by atoms with Crippen molar-refractivity contribution in [3.05, 3.63) is 12.2 Å². The molecule has 0 N–H and O–H groups in total. The Balaban J connectivity index is 2.43. The highest BCUT2D eigenvalue weighted by Gasteiger charge is 2.20. The highest BCUT2D eigenvalue weighted by atomic mass is 16.1. The molecule has 5 heteroatoms. The van der Waals surface area contributed by atoms with Crippen LogP contribution in [0.3, 0.4) is 0 Å². The summed E-state index contributed by atoms with van der Waals surface area (Å²) in [6.45, 7) is 0.427. The number of nitrogens with zero attached hydrogens (tertiary/aromatic N) is 4. The average molecular weight is 152 g/mol. The maximum Gasteiger partial charge on any atom is 0.161 e. The van der Waals surface area contributed by atoms with E-state index in [0.29, 0.717) is 13.0 Å². The molecule has 1 aliphatic rings. The van der Waals surface area contributed by atoms with Crippen LogP contribution < -0.4 is 5.01 Å². The number of likely N-dealkylation sites (N-methyl/N-ethyl adjacent to an activating group) is 1. The molecule has 58 valence electrons. The first kappa shape index (κ1) is 6.33. The van der Waals surface area contributed by atoms with E-state index in [1.165, 1.54) is 6.33 Å². The summed E-state index contributed by atoms with van der Waals surface area (Å²) in [5.41, 5.74) is 0. The summed E-state index contributed by atoms with van der Waals surface area (Å²) in [7, 11) is 1.81. The fraction of sp³-hybridized carbons (Fsp3) is 0.500. The largest absolute Gasteiger partial charge is 0.297 e. The molecule has 5 nitrogen and oxygen atoms in total. The van der Waals surface area contributed by atoms with Crippen LogP contribution in [0.2, 0.25) is 0 Å². The van der Waals surface area contributed by atoms with Crippen LogP contribution in [0.4, 0.5) is 0 Å². The van der Waals surface area contributed by atoms with Crippen LogP contribution in [-0.2, 0) is 11.2 Å². The van der Waals surface area contributed by atoms with Gasteiger partial charge in [0.25, 0.3) is 0 Å². The topological polar surface area (TPSA) is 51.0 Å². The van der Waals surface area contributed by atoms with E-state index in [0.717, 1.165) is 5.82 Å². The van der Waals surface area contributed by atoms with E-state index >= 15 is 0 Å². The fourth-order valence-corrected chi connectivity index (χ4v) is 1.22. The Morgan fingerprint density at radius 2 is 2.45 bits per heavy atom. The van der Waals surface area contributed by atoms with Crippen LogP contribution in [0.1, 0.15) is 5.82 Å². The second-order valence-corrected chi connectivity index (χ2v) is 2.60. The lowest BCUT2D eigenvalue weighted by Crippen LogP contribution is -2.42. The smallest absolute Gasteiger partial charge is 0.161 e. The summed E-state index contributed by atoms with van der Waals surface area (Å²) in [6.07, 6.45) is 1.87. The number of rotatable bonds is 0. The third-order valence-corrected chi connectivity index (χ3v) is 1.68. The van der Waals surface area contributed by atoms with Crippen LogP contribution in [0.5, 0.6) is 0 Å². The van der Waals surface area contributed by atoms with Gasteiger partial charge in [-0.1, -0.05) is 0 Å². The Bertz CT molecular complexity index is 293. The van der Waals surface area contributed by atoms with Crippen LogP contribution in [0.25, 0.3) is 0 Å². The molecule has 1 aromatic rings. The molecule has 0 spiro atoms. The van der Waals surface area contributed by atoms with Gasteiger partial charge in [-0.15, -0.1) is 5.10 Å². The summed E-state index contributed by atoms with van der Waals surface area (Å²) in [5.74, 6) is 0.914. The summed E-state index contributed by atoms with van der Waals surface area (Å²) >= 11 is 0. The van der Waals surface area contributed by atoms with Crippen molar-refractivity contribution >= 4 is 5.78 Å². The van der Waals surface area contributed by atoms with E-state index in [1.807, 2.05) is 7.05 Å². The molecule has 0 unspecified atom stereocenters. The molecule has 2 heterocycles. The molecule has 1 aliphatic heterocycles. The predicted octanol–water partition coefficient (Wildman–Crippen LogP) is -1.03. The number of ketones is 1. The first-order valence-corrected chi connectivity index (χ1v) is 3.39. The zero-order chi connectivity index (χ0) is 7.84. The quantitative estimate of drug-likeness (QED) is 0.477. The molecule has 1 aromatic heterocycles. The molecule has 0 aliphatic carbocycles. The van der Waals surface area contributed by atoms with Crippen molar-refractivity contribution in [2.45, 2.75) is 6.42 Å². The highest BCUT2D eigenvalue weighted by Crippen LogP contribution is 2.02. The van der Waals surface area contributed by atoms with Crippen LogP contribution >= 0.6 is 0 Å². The van der Waals surface area contributed by atoms with E-state index in [1.54, 1.807) is 9.80 Å². The van der Waals surface area contributed by atoms with Gasteiger partial charge in [0.2, 0.25) is 0 Å². The zero-order valence-electron chi connectivity index (χ0n) is 6.19. The van der Waals surface area contributed by atoms with Crippen molar-refractivity contribution in [1.29, 1.82) is 0 Å². The molecule has 0 saturated carbocycles. The zero-order valence-corrected chi connectivity index (χ0v) is 6.19. The molecule has 2 rings (SSSR count). The maximum absolute atomic E-state index is 11.0. The first-order chi connectivity index (χ1) is 5.27. The van der Waals surface area contributed by atoms with Crippen molar-refractivity contribution in [2.75, 3.05) is 18.6 Å². The lowest BCUT2D eigenvalue weighted by Gasteiger charge is -2.23. The molecular formula is C6H8N4O. The van der Waals surface area contributed by atoms with E-state index in [9.17, 15) is 4.79 Å². The third-order valence-electron chi connectivity index (χ3n) is 1.68. The number of fused-ring (bicyclic) bond motifs is 1. The van der Waals surface area contributed by atoms with Crippen LogP contribution in [-0.4, -0.2) is 34.2 Å². The average Bonchev–Trinajstić information content (AvgIpc) is 2.34. The van der Waals surface area contributed by atoms with Gasteiger partial charge in [-0.05, 0) is 0 Å². The Hall–Kier alpha value is -1.39. The molecule has 0 aromatic carbocycles. The van der Waals surface area contributed by atoms with E-state index < -0.39 is 0 Å². The van der Waals surface area contributed by atoms with E-state index in [4.69, 9.17) is 0 Å². The van der Waals surface area contributed by atoms with Gasteiger partial charge in [-0.3, -0.25) is 9.80 Å². The van der Waals surface area contributed by atoms with E-state index in [2.05, 4.69) is 10.1 Å². The number of Topliss-reactive ketones (excluding diaryl/α,β-unsaturated/α-hetero) is 1. The van der Waals surface area contributed by atoms with Gasteiger partial charge >= 0.3 is 0 Å². The van der Waals surface area contributed by atoms with Crippen molar-refractivity contribution in [1.82, 2.24) is 14.9 Å². The number of hydrogen-bond acceptors (Lipinski definition) is 4. The predicted molar refractivity (Wildman–Crippen MR) is 37.7 cm³/mol. The van der Waals surface area contributed by atoms with Crippen molar-refractivity contribution in [3.8, 4) is 0 Å². The molecule has 0 fully saturated rings. The molecule has 0 atom stereocenters. The van der Waals surface area contributed by atoms with Gasteiger partial charge in [0.05, 0.1) is 13.0 Å². The minimum Gasteiger partial charge on any atom is -0.297 e. The molecular weight excluding hydrogens is 144 g/mol. The standard InChI is InChI=1S/C6H8N4O/c1-9-3-5(11)2-6-7-4-8-10(6)9/h4H,2-3H2,1H3. The summed E-state index contributed by atoms with van der Waals surface area (Å²) in [5, 5.41) is 5.70. The normalized spacial score (nSPS) is 16.8. The molecule has 11 heavy (non-hydrogen) atoms. The van der Waals surface area contributed by atoms with Crippen molar-refractivity contribution in [2.24, 2.45) is 0 Å². The summed E-state index contributed by atoms with van der Waals surface area (Å²) in [6, 6.07) is 0. The minimum atomic E-state index is 0.188. The highest BCUT2D eigenvalue weighted by molar-refractivity contribution is 5.84. The van der Waals surface area contributed by atoms with Crippen molar-refractivity contribution in [3.63, 3.8) is 0 Å². The number of aromatic nitrogens is 3. The monoisotopic (exact) mass is 152 g/mol. The maximum atomic E-state index is 11.0. The third kappa shape index (κ3) is 0.886.